The van der Waals surface area contributed by atoms with Gasteiger partial charge in [0.05, 0.1) is 0 Å². The largest absolute Gasteiger partial charge is 0.314 e. The van der Waals surface area contributed by atoms with Crippen LogP contribution in [-0.2, 0) is 10.0 Å². The van der Waals surface area contributed by atoms with Crippen molar-refractivity contribution in [2.45, 2.75) is 17.9 Å². The summed E-state index contributed by atoms with van der Waals surface area (Å²) in [6.45, 7) is 2.53. The van der Waals surface area contributed by atoms with Crippen LogP contribution in [0.3, 0.4) is 0 Å². The zero-order chi connectivity index (χ0) is 14.2. The molecule has 0 bridgehead atoms. The standard InChI is InChI=1S/C11H13F3N2O2S.ClH/c1-7-6-15-2-3-16(7)19(17,18)11-9(13)4-8(12)5-10(11)14;/h4-5,7,15H,2-3,6H2,1H3;1H/t7-;/m0./s1. The fourth-order valence-corrected chi connectivity index (χ4v) is 3.80. The van der Waals surface area contributed by atoms with Crippen LogP contribution < -0.4 is 5.32 Å². The lowest BCUT2D eigenvalue weighted by atomic mass is 10.3. The smallest absolute Gasteiger partial charge is 0.249 e. The molecule has 0 radical (unpaired) electrons. The van der Waals surface area contributed by atoms with Gasteiger partial charge in [0.15, 0.2) is 4.90 Å². The summed E-state index contributed by atoms with van der Waals surface area (Å²) in [5.74, 6) is -3.98. The Morgan fingerprint density at radius 3 is 2.30 bits per heavy atom. The molecule has 1 heterocycles. The first-order chi connectivity index (χ1) is 8.84. The van der Waals surface area contributed by atoms with Crippen molar-refractivity contribution in [3.05, 3.63) is 29.6 Å². The van der Waals surface area contributed by atoms with Crippen molar-refractivity contribution in [2.75, 3.05) is 19.6 Å². The first-order valence-corrected chi connectivity index (χ1v) is 7.15. The van der Waals surface area contributed by atoms with Gasteiger partial charge >= 0.3 is 0 Å². The summed E-state index contributed by atoms with van der Waals surface area (Å²) < 4.78 is 65.5. The molecule has 1 aliphatic rings. The monoisotopic (exact) mass is 330 g/mol. The van der Waals surface area contributed by atoms with Crippen LogP contribution in [0, 0.1) is 17.5 Å². The van der Waals surface area contributed by atoms with Crippen LogP contribution in [-0.4, -0.2) is 38.4 Å². The molecule has 114 valence electrons. The fraction of sp³-hybridized carbons (Fsp3) is 0.455. The maximum Gasteiger partial charge on any atom is 0.249 e. The average Bonchev–Trinajstić information content (AvgIpc) is 2.27. The third-order valence-electron chi connectivity index (χ3n) is 2.97. The zero-order valence-corrected chi connectivity index (χ0v) is 12.2. The first-order valence-electron chi connectivity index (χ1n) is 5.71. The molecular formula is C11H14ClF3N2O2S. The number of hydrogen-bond acceptors (Lipinski definition) is 3. The van der Waals surface area contributed by atoms with Gasteiger partial charge in [-0.1, -0.05) is 0 Å². The van der Waals surface area contributed by atoms with E-state index in [0.717, 1.165) is 4.31 Å². The van der Waals surface area contributed by atoms with Gasteiger partial charge in [-0.3, -0.25) is 0 Å². The van der Waals surface area contributed by atoms with Gasteiger partial charge in [-0.25, -0.2) is 21.6 Å². The van der Waals surface area contributed by atoms with Crippen molar-refractivity contribution >= 4 is 22.4 Å². The van der Waals surface area contributed by atoms with Gasteiger partial charge in [0.25, 0.3) is 0 Å². The Hall–Kier alpha value is -0.830. The van der Waals surface area contributed by atoms with Crippen molar-refractivity contribution in [3.63, 3.8) is 0 Å². The molecule has 0 aromatic heterocycles. The number of nitrogens with one attached hydrogen (secondary N) is 1. The normalized spacial score (nSPS) is 20.5. The lowest BCUT2D eigenvalue weighted by Crippen LogP contribution is -2.52. The summed E-state index contributed by atoms with van der Waals surface area (Å²) in [5.41, 5.74) is 0. The van der Waals surface area contributed by atoms with Crippen LogP contribution in [0.25, 0.3) is 0 Å². The molecule has 9 heteroatoms. The molecule has 0 spiro atoms. The van der Waals surface area contributed by atoms with Crippen molar-refractivity contribution in [3.8, 4) is 0 Å². The maximum absolute atomic E-state index is 13.6. The summed E-state index contributed by atoms with van der Waals surface area (Å²) in [5, 5.41) is 2.97. The Balaban J connectivity index is 0.00000200. The van der Waals surface area contributed by atoms with E-state index in [1.165, 1.54) is 0 Å². The second-order valence-electron chi connectivity index (χ2n) is 4.37. The number of halogens is 4. The van der Waals surface area contributed by atoms with Crippen LogP contribution in [0.5, 0.6) is 0 Å². The van der Waals surface area contributed by atoms with E-state index >= 15 is 0 Å². The predicted octanol–water partition coefficient (Wildman–Crippen LogP) is 1.51. The molecule has 0 saturated carbocycles. The fourth-order valence-electron chi connectivity index (χ4n) is 2.07. The highest BCUT2D eigenvalue weighted by Crippen LogP contribution is 2.25. The predicted molar refractivity (Wildman–Crippen MR) is 69.8 cm³/mol. The SMILES string of the molecule is C[C@H]1CNCCN1S(=O)(=O)c1c(F)cc(F)cc1F.Cl. The summed E-state index contributed by atoms with van der Waals surface area (Å²) in [6, 6.07) is 0.300. The molecule has 1 atom stereocenters. The van der Waals surface area contributed by atoms with Crippen molar-refractivity contribution < 1.29 is 21.6 Å². The highest BCUT2D eigenvalue weighted by Gasteiger charge is 2.35. The Morgan fingerprint density at radius 1 is 1.25 bits per heavy atom. The molecule has 1 aliphatic heterocycles. The molecule has 0 unspecified atom stereocenters. The van der Waals surface area contributed by atoms with Gasteiger partial charge in [-0.2, -0.15) is 4.31 Å². The zero-order valence-electron chi connectivity index (χ0n) is 10.6. The van der Waals surface area contributed by atoms with E-state index in [9.17, 15) is 21.6 Å². The minimum Gasteiger partial charge on any atom is -0.314 e. The Morgan fingerprint density at radius 2 is 1.80 bits per heavy atom. The van der Waals surface area contributed by atoms with Crippen molar-refractivity contribution in [1.29, 1.82) is 0 Å². The Bertz CT molecular complexity index is 574. The summed E-state index contributed by atoms with van der Waals surface area (Å²) in [7, 11) is -4.31. The number of rotatable bonds is 2. The van der Waals surface area contributed by atoms with Gasteiger partial charge in [-0.15, -0.1) is 12.4 Å². The second-order valence-corrected chi connectivity index (χ2v) is 6.19. The molecule has 4 nitrogen and oxygen atoms in total. The second kappa shape index (κ2) is 6.30. The molecule has 1 aromatic rings. The van der Waals surface area contributed by atoms with Gasteiger partial charge in [0.1, 0.15) is 17.5 Å². The van der Waals surface area contributed by atoms with Crippen LogP contribution >= 0.6 is 12.4 Å². The highest BCUT2D eigenvalue weighted by atomic mass is 35.5. The minimum atomic E-state index is -4.31. The number of nitrogens with zero attached hydrogens (tertiary/aromatic N) is 1. The molecule has 0 amide bonds. The number of piperazine rings is 1. The molecule has 0 aliphatic carbocycles. The number of hydrogen-bond donors (Lipinski definition) is 1. The van der Waals surface area contributed by atoms with Gasteiger partial charge in [-0.05, 0) is 6.92 Å². The molecule has 1 aromatic carbocycles. The molecule has 1 fully saturated rings. The van der Waals surface area contributed by atoms with Gasteiger partial charge < -0.3 is 5.32 Å². The van der Waals surface area contributed by atoms with Crippen LogP contribution in [0.4, 0.5) is 13.2 Å². The molecule has 1 N–H and O–H groups in total. The van der Waals surface area contributed by atoms with E-state index in [-0.39, 0.29) is 19.0 Å². The van der Waals surface area contributed by atoms with Crippen LogP contribution in [0.2, 0.25) is 0 Å². The highest BCUT2D eigenvalue weighted by molar-refractivity contribution is 7.89. The average molecular weight is 331 g/mol. The third-order valence-corrected chi connectivity index (χ3v) is 5.04. The van der Waals surface area contributed by atoms with E-state index in [0.29, 0.717) is 25.2 Å². The van der Waals surface area contributed by atoms with E-state index in [2.05, 4.69) is 5.32 Å². The van der Waals surface area contributed by atoms with E-state index < -0.39 is 38.4 Å². The van der Waals surface area contributed by atoms with Crippen molar-refractivity contribution in [1.82, 2.24) is 9.62 Å². The Labute approximate surface area is 121 Å². The molecular weight excluding hydrogens is 317 g/mol. The molecule has 1 saturated heterocycles. The van der Waals surface area contributed by atoms with Gasteiger partial charge in [0.2, 0.25) is 10.0 Å². The maximum atomic E-state index is 13.6. The Kier molecular flexibility index (Phi) is 5.42. The van der Waals surface area contributed by atoms with E-state index in [1.807, 2.05) is 0 Å². The van der Waals surface area contributed by atoms with E-state index in [4.69, 9.17) is 0 Å². The minimum absolute atomic E-state index is 0. The number of sulfonamides is 1. The van der Waals surface area contributed by atoms with Crippen molar-refractivity contribution in [2.24, 2.45) is 0 Å². The summed E-state index contributed by atoms with van der Waals surface area (Å²) in [6.07, 6.45) is 0. The summed E-state index contributed by atoms with van der Waals surface area (Å²) in [4.78, 5) is -1.09. The lowest BCUT2D eigenvalue weighted by Gasteiger charge is -2.32. The molecule has 2 rings (SSSR count). The first kappa shape index (κ1) is 17.2. The van der Waals surface area contributed by atoms with E-state index in [1.54, 1.807) is 6.92 Å². The lowest BCUT2D eigenvalue weighted by molar-refractivity contribution is 0.281. The number of benzene rings is 1. The third kappa shape index (κ3) is 3.08. The van der Waals surface area contributed by atoms with Crippen LogP contribution in [0.15, 0.2) is 17.0 Å². The van der Waals surface area contributed by atoms with Crippen LogP contribution in [0.1, 0.15) is 6.92 Å². The topological polar surface area (TPSA) is 49.4 Å². The van der Waals surface area contributed by atoms with Gasteiger partial charge in [0, 0.05) is 37.8 Å². The summed E-state index contributed by atoms with van der Waals surface area (Å²) >= 11 is 0. The molecule has 20 heavy (non-hydrogen) atoms. The quantitative estimate of drug-likeness (QED) is 0.894.